The molecule has 84 valence electrons. The standard InChI is InChI=1S/C11H14N4O/c1-11(16)3-2-6-15(8-11)10-9(7-12)13-4-5-14-10/h4-5,16H,2-3,6,8H2,1H3. The second-order valence-electron chi connectivity index (χ2n) is 4.36. The van der Waals surface area contributed by atoms with Crippen LogP contribution in [0.5, 0.6) is 0 Å². The maximum Gasteiger partial charge on any atom is 0.183 e. The largest absolute Gasteiger partial charge is 0.388 e. The number of rotatable bonds is 1. The molecule has 1 saturated heterocycles. The van der Waals surface area contributed by atoms with Crippen molar-refractivity contribution in [3.8, 4) is 6.07 Å². The van der Waals surface area contributed by atoms with Crippen molar-refractivity contribution in [2.75, 3.05) is 18.0 Å². The molecule has 1 aromatic rings. The van der Waals surface area contributed by atoms with Crippen LogP contribution in [0.3, 0.4) is 0 Å². The van der Waals surface area contributed by atoms with Crippen LogP contribution >= 0.6 is 0 Å². The third-order valence-electron chi connectivity index (χ3n) is 2.76. The average Bonchev–Trinajstić information content (AvgIpc) is 2.27. The van der Waals surface area contributed by atoms with Crippen molar-refractivity contribution in [1.82, 2.24) is 9.97 Å². The van der Waals surface area contributed by atoms with E-state index in [0.29, 0.717) is 18.1 Å². The molecule has 0 amide bonds. The van der Waals surface area contributed by atoms with Crippen LogP contribution in [0.1, 0.15) is 25.5 Å². The van der Waals surface area contributed by atoms with Gasteiger partial charge in [-0.05, 0) is 19.8 Å². The molecular weight excluding hydrogens is 204 g/mol. The number of piperidine rings is 1. The minimum Gasteiger partial charge on any atom is -0.388 e. The number of hydrogen-bond acceptors (Lipinski definition) is 5. The highest BCUT2D eigenvalue weighted by Gasteiger charge is 2.30. The van der Waals surface area contributed by atoms with E-state index in [1.165, 1.54) is 6.20 Å². The Bertz CT molecular complexity index is 424. The zero-order valence-corrected chi connectivity index (χ0v) is 9.22. The lowest BCUT2D eigenvalue weighted by molar-refractivity contribution is 0.0447. The van der Waals surface area contributed by atoms with Crippen LogP contribution in [0.25, 0.3) is 0 Å². The maximum atomic E-state index is 10.00. The zero-order chi connectivity index (χ0) is 11.6. The lowest BCUT2D eigenvalue weighted by Gasteiger charge is -2.37. The number of nitrogens with zero attached hydrogens (tertiary/aromatic N) is 4. The summed E-state index contributed by atoms with van der Waals surface area (Å²) in [6.07, 6.45) is 4.75. The van der Waals surface area contributed by atoms with Gasteiger partial charge >= 0.3 is 0 Å². The fraction of sp³-hybridized carbons (Fsp3) is 0.545. The predicted octanol–water partition coefficient (Wildman–Crippen LogP) is 0.699. The van der Waals surface area contributed by atoms with E-state index in [9.17, 15) is 5.11 Å². The number of β-amino-alcohol motifs (C(OH)–C–C–N with tert-alkyl or cyclic N) is 1. The van der Waals surface area contributed by atoms with Gasteiger partial charge in [0.05, 0.1) is 5.60 Å². The molecular formula is C11H14N4O. The SMILES string of the molecule is CC1(O)CCCN(c2nccnc2C#N)C1. The Balaban J connectivity index is 2.27. The number of anilines is 1. The van der Waals surface area contributed by atoms with E-state index in [-0.39, 0.29) is 0 Å². The normalized spacial score (nSPS) is 25.2. The average molecular weight is 218 g/mol. The summed E-state index contributed by atoms with van der Waals surface area (Å²) in [7, 11) is 0. The molecule has 5 heteroatoms. The molecule has 1 aliphatic heterocycles. The Morgan fingerprint density at radius 1 is 1.50 bits per heavy atom. The topological polar surface area (TPSA) is 73.0 Å². The van der Waals surface area contributed by atoms with Gasteiger partial charge in [0.25, 0.3) is 0 Å². The third-order valence-corrected chi connectivity index (χ3v) is 2.76. The van der Waals surface area contributed by atoms with E-state index in [0.717, 1.165) is 19.4 Å². The van der Waals surface area contributed by atoms with Crippen molar-refractivity contribution in [3.63, 3.8) is 0 Å². The molecule has 16 heavy (non-hydrogen) atoms. The van der Waals surface area contributed by atoms with E-state index < -0.39 is 5.60 Å². The minimum atomic E-state index is -0.706. The molecule has 1 N–H and O–H groups in total. The van der Waals surface area contributed by atoms with Crippen molar-refractivity contribution >= 4 is 5.82 Å². The Morgan fingerprint density at radius 3 is 2.94 bits per heavy atom. The maximum absolute atomic E-state index is 10.00. The van der Waals surface area contributed by atoms with Crippen LogP contribution in [0.4, 0.5) is 5.82 Å². The highest BCUT2D eigenvalue weighted by Crippen LogP contribution is 2.25. The van der Waals surface area contributed by atoms with Crippen molar-refractivity contribution in [2.45, 2.75) is 25.4 Å². The van der Waals surface area contributed by atoms with E-state index in [4.69, 9.17) is 5.26 Å². The second-order valence-corrected chi connectivity index (χ2v) is 4.36. The number of aliphatic hydroxyl groups is 1. The van der Waals surface area contributed by atoms with Crippen LogP contribution in [0.2, 0.25) is 0 Å². The molecule has 0 spiro atoms. The fourth-order valence-electron chi connectivity index (χ4n) is 2.04. The molecule has 5 nitrogen and oxygen atoms in total. The molecule has 1 fully saturated rings. The Labute approximate surface area is 94.4 Å². The summed E-state index contributed by atoms with van der Waals surface area (Å²) in [6, 6.07) is 2.02. The van der Waals surface area contributed by atoms with E-state index in [2.05, 4.69) is 9.97 Å². The number of hydrogen-bond donors (Lipinski definition) is 1. The first-order valence-corrected chi connectivity index (χ1v) is 5.31. The van der Waals surface area contributed by atoms with E-state index in [1.54, 1.807) is 6.20 Å². The molecule has 0 saturated carbocycles. The lowest BCUT2D eigenvalue weighted by Crippen LogP contribution is -2.46. The summed E-state index contributed by atoms with van der Waals surface area (Å²) in [4.78, 5) is 10.1. The van der Waals surface area contributed by atoms with Crippen molar-refractivity contribution in [2.24, 2.45) is 0 Å². The number of nitriles is 1. The molecule has 1 atom stereocenters. The highest BCUT2D eigenvalue weighted by molar-refractivity contribution is 5.50. The van der Waals surface area contributed by atoms with Crippen molar-refractivity contribution < 1.29 is 5.11 Å². The van der Waals surface area contributed by atoms with Crippen LogP contribution in [-0.4, -0.2) is 33.8 Å². The molecule has 1 aliphatic rings. The van der Waals surface area contributed by atoms with Gasteiger partial charge in [-0.15, -0.1) is 0 Å². The van der Waals surface area contributed by atoms with Gasteiger partial charge < -0.3 is 10.0 Å². The summed E-state index contributed by atoms with van der Waals surface area (Å²) in [5.74, 6) is 0.574. The van der Waals surface area contributed by atoms with Crippen molar-refractivity contribution in [1.29, 1.82) is 5.26 Å². The van der Waals surface area contributed by atoms with Gasteiger partial charge in [0.1, 0.15) is 6.07 Å². The Morgan fingerprint density at radius 2 is 2.25 bits per heavy atom. The van der Waals surface area contributed by atoms with Gasteiger partial charge in [0.15, 0.2) is 11.5 Å². The summed E-state index contributed by atoms with van der Waals surface area (Å²) >= 11 is 0. The molecule has 1 unspecified atom stereocenters. The first-order chi connectivity index (χ1) is 7.62. The lowest BCUT2D eigenvalue weighted by atomic mass is 9.95. The summed E-state index contributed by atoms with van der Waals surface area (Å²) in [5.41, 5.74) is -0.386. The van der Waals surface area contributed by atoms with Gasteiger partial charge in [-0.2, -0.15) is 5.26 Å². The first kappa shape index (κ1) is 10.8. The van der Waals surface area contributed by atoms with Crippen LogP contribution in [-0.2, 0) is 0 Å². The Hall–Kier alpha value is -1.67. The van der Waals surface area contributed by atoms with Gasteiger partial charge in [0.2, 0.25) is 0 Å². The zero-order valence-electron chi connectivity index (χ0n) is 9.22. The van der Waals surface area contributed by atoms with Gasteiger partial charge in [-0.1, -0.05) is 0 Å². The summed E-state index contributed by atoms with van der Waals surface area (Å²) in [5, 5.41) is 18.9. The van der Waals surface area contributed by atoms with Gasteiger partial charge in [-0.25, -0.2) is 9.97 Å². The minimum absolute atomic E-state index is 0.320. The van der Waals surface area contributed by atoms with E-state index >= 15 is 0 Å². The first-order valence-electron chi connectivity index (χ1n) is 5.31. The fourth-order valence-corrected chi connectivity index (χ4v) is 2.04. The molecule has 0 bridgehead atoms. The molecule has 1 aromatic heterocycles. The third kappa shape index (κ3) is 2.12. The van der Waals surface area contributed by atoms with Crippen molar-refractivity contribution in [3.05, 3.63) is 18.1 Å². The monoisotopic (exact) mass is 218 g/mol. The highest BCUT2D eigenvalue weighted by atomic mass is 16.3. The number of aromatic nitrogens is 2. The molecule has 0 aromatic carbocycles. The van der Waals surface area contributed by atoms with Crippen LogP contribution in [0.15, 0.2) is 12.4 Å². The quantitative estimate of drug-likeness (QED) is 0.751. The summed E-state index contributed by atoms with van der Waals surface area (Å²) in [6.45, 7) is 3.12. The van der Waals surface area contributed by atoms with Gasteiger partial charge in [0, 0.05) is 25.5 Å². The van der Waals surface area contributed by atoms with Crippen LogP contribution in [0, 0.1) is 11.3 Å². The summed E-state index contributed by atoms with van der Waals surface area (Å²) < 4.78 is 0. The second kappa shape index (κ2) is 4.06. The smallest absolute Gasteiger partial charge is 0.183 e. The molecule has 2 heterocycles. The van der Waals surface area contributed by atoms with Gasteiger partial charge in [-0.3, -0.25) is 0 Å². The molecule has 0 aliphatic carbocycles. The van der Waals surface area contributed by atoms with E-state index in [1.807, 2.05) is 17.9 Å². The predicted molar refractivity (Wildman–Crippen MR) is 58.8 cm³/mol. The molecule has 2 rings (SSSR count). The van der Waals surface area contributed by atoms with Crippen LogP contribution < -0.4 is 4.90 Å². The Kier molecular flexibility index (Phi) is 2.75. The molecule has 0 radical (unpaired) electrons.